The average molecular weight is 171 g/mol. The van der Waals surface area contributed by atoms with E-state index in [1.807, 2.05) is 0 Å². The Morgan fingerprint density at radius 2 is 2.10 bits per heavy atom. The molecule has 10 heavy (non-hydrogen) atoms. The van der Waals surface area contributed by atoms with Crippen LogP contribution in [0.3, 0.4) is 0 Å². The minimum atomic E-state index is -1.00. The van der Waals surface area contributed by atoms with Crippen molar-refractivity contribution in [2.24, 2.45) is 0 Å². The standard InChI is InChI=1S/C3H3NO.BH2O2.K.H2O/c1-2-5-3-4-1;2-1-3;;/h1-3H;1-2H;;1H2/q;-1;+1;. The third kappa shape index (κ3) is 15.9. The van der Waals surface area contributed by atoms with Crippen LogP contribution < -0.4 is 56.4 Å². The molecule has 52 valence electrons. The molecule has 0 spiro atoms. The van der Waals surface area contributed by atoms with Gasteiger partial charge in [-0.25, -0.2) is 4.98 Å². The molecule has 0 unspecified atom stereocenters. The van der Waals surface area contributed by atoms with Gasteiger partial charge in [-0.2, -0.15) is 0 Å². The predicted octanol–water partition coefficient (Wildman–Crippen LogP) is -5.54. The Balaban J connectivity index is -0.0000000900. The third-order valence-electron chi connectivity index (χ3n) is 0.347. The molecule has 5 nitrogen and oxygen atoms in total. The van der Waals surface area contributed by atoms with Gasteiger partial charge in [0.25, 0.3) is 0 Å². The molecule has 0 amide bonds. The van der Waals surface area contributed by atoms with Crippen LogP contribution in [0.2, 0.25) is 0 Å². The van der Waals surface area contributed by atoms with Gasteiger partial charge in [-0.05, 0) is 0 Å². The van der Waals surface area contributed by atoms with Gasteiger partial charge in [-0.15, -0.1) is 0 Å². The van der Waals surface area contributed by atoms with E-state index < -0.39 is 7.69 Å². The van der Waals surface area contributed by atoms with Crippen LogP contribution >= 0.6 is 0 Å². The van der Waals surface area contributed by atoms with Crippen LogP contribution in [0.15, 0.2) is 23.3 Å². The molecule has 0 aliphatic heterocycles. The van der Waals surface area contributed by atoms with Crippen molar-refractivity contribution in [3.05, 3.63) is 18.9 Å². The zero-order valence-electron chi connectivity index (χ0n) is 5.65. The van der Waals surface area contributed by atoms with Gasteiger partial charge in [-0.3, -0.25) is 0 Å². The van der Waals surface area contributed by atoms with E-state index in [0.29, 0.717) is 0 Å². The Morgan fingerprint density at radius 3 is 2.20 bits per heavy atom. The molecule has 0 aliphatic carbocycles. The van der Waals surface area contributed by atoms with Crippen molar-refractivity contribution >= 4 is 7.69 Å². The minimum Gasteiger partial charge on any atom is -0.859 e. The van der Waals surface area contributed by atoms with E-state index in [4.69, 9.17) is 10.0 Å². The topological polar surface area (TPSA) is 101 Å². The summed E-state index contributed by atoms with van der Waals surface area (Å²) in [5, 5.41) is 15.5. The summed E-state index contributed by atoms with van der Waals surface area (Å²) in [7, 11) is -1.00. The first-order chi connectivity index (χ1) is 3.91. The molecule has 1 rings (SSSR count). The molecule has 7 heteroatoms. The molecular weight excluding hydrogens is 164 g/mol. The molecule has 1 aromatic heterocycles. The first-order valence-corrected chi connectivity index (χ1v) is 1.93. The maximum Gasteiger partial charge on any atom is 1.00 e. The molecule has 0 saturated heterocycles. The summed E-state index contributed by atoms with van der Waals surface area (Å²) in [5.74, 6) is 0. The first-order valence-electron chi connectivity index (χ1n) is 1.93. The van der Waals surface area contributed by atoms with E-state index in [0.717, 1.165) is 0 Å². The van der Waals surface area contributed by atoms with Gasteiger partial charge in [0, 0.05) is 0 Å². The summed E-state index contributed by atoms with van der Waals surface area (Å²) < 4.78 is 4.47. The van der Waals surface area contributed by atoms with E-state index in [-0.39, 0.29) is 56.9 Å². The fraction of sp³-hybridized carbons (Fsp3) is 0. The average Bonchev–Trinajstić information content (AvgIpc) is 2.17. The van der Waals surface area contributed by atoms with E-state index in [1.165, 1.54) is 12.7 Å². The molecular formula is C3H7BKNO4. The molecule has 0 saturated carbocycles. The quantitative estimate of drug-likeness (QED) is 0.393. The smallest absolute Gasteiger partial charge is 0.859 e. The van der Waals surface area contributed by atoms with E-state index in [1.54, 1.807) is 6.20 Å². The van der Waals surface area contributed by atoms with Crippen LogP contribution in [0, 0.1) is 0 Å². The van der Waals surface area contributed by atoms with Gasteiger partial charge in [0.05, 0.1) is 6.20 Å². The fourth-order valence-corrected chi connectivity index (χ4v) is 0.176. The van der Waals surface area contributed by atoms with Crippen LogP contribution in [0.1, 0.15) is 0 Å². The summed E-state index contributed by atoms with van der Waals surface area (Å²) in [6.45, 7) is 0. The van der Waals surface area contributed by atoms with Crippen LogP contribution in [-0.2, 0) is 0 Å². The maximum atomic E-state index is 8.49. The second-order valence-corrected chi connectivity index (χ2v) is 0.805. The summed E-state index contributed by atoms with van der Waals surface area (Å²) >= 11 is 0. The molecule has 0 aliphatic rings. The zero-order valence-corrected chi connectivity index (χ0v) is 8.77. The van der Waals surface area contributed by atoms with Crippen LogP contribution in [-0.4, -0.2) is 23.2 Å². The Morgan fingerprint density at radius 1 is 1.60 bits per heavy atom. The summed E-state index contributed by atoms with van der Waals surface area (Å²) in [6, 6.07) is 0. The van der Waals surface area contributed by atoms with Crippen LogP contribution in [0.25, 0.3) is 0 Å². The van der Waals surface area contributed by atoms with Crippen molar-refractivity contribution in [1.82, 2.24) is 4.98 Å². The van der Waals surface area contributed by atoms with Gasteiger partial charge >= 0.3 is 51.4 Å². The first kappa shape index (κ1) is 17.0. The van der Waals surface area contributed by atoms with Crippen molar-refractivity contribution in [3.63, 3.8) is 0 Å². The van der Waals surface area contributed by atoms with Gasteiger partial charge in [0.2, 0.25) is 0 Å². The molecule has 0 bridgehead atoms. The predicted molar refractivity (Wildman–Crippen MR) is 29.5 cm³/mol. The Labute approximate surface area is 102 Å². The van der Waals surface area contributed by atoms with E-state index >= 15 is 0 Å². The SMILES string of the molecule is O.[K+].[O-]BO.c1cocn1. The van der Waals surface area contributed by atoms with Crippen molar-refractivity contribution in [2.45, 2.75) is 0 Å². The van der Waals surface area contributed by atoms with Gasteiger partial charge in [0.15, 0.2) is 14.1 Å². The molecule has 3 N–H and O–H groups in total. The molecule has 0 atom stereocenters. The maximum absolute atomic E-state index is 8.49. The monoisotopic (exact) mass is 171 g/mol. The number of rotatable bonds is 0. The minimum absolute atomic E-state index is 0. The second kappa shape index (κ2) is 16.4. The van der Waals surface area contributed by atoms with Crippen LogP contribution in [0.4, 0.5) is 0 Å². The summed E-state index contributed by atoms with van der Waals surface area (Å²) in [6.07, 6.45) is 4.47. The number of hydrogen-bond donors (Lipinski definition) is 1. The molecule has 0 radical (unpaired) electrons. The number of aromatic nitrogens is 1. The normalized spacial score (nSPS) is 5.40. The van der Waals surface area contributed by atoms with Crippen LogP contribution in [0.5, 0.6) is 0 Å². The second-order valence-electron chi connectivity index (χ2n) is 0.805. The molecule has 0 aromatic carbocycles. The Bertz CT molecular complexity index is 87.4. The third-order valence-corrected chi connectivity index (χ3v) is 0.347. The number of oxazole rings is 1. The molecule has 0 fully saturated rings. The number of hydrogen-bond acceptors (Lipinski definition) is 4. The molecule has 1 aromatic rings. The van der Waals surface area contributed by atoms with Gasteiger partial charge < -0.3 is 19.9 Å². The molecule has 1 heterocycles. The van der Waals surface area contributed by atoms with Crippen molar-refractivity contribution < 1.29 is 71.3 Å². The summed E-state index contributed by atoms with van der Waals surface area (Å²) in [5.41, 5.74) is 0. The fourth-order valence-electron chi connectivity index (χ4n) is 0.176. The van der Waals surface area contributed by atoms with E-state index in [2.05, 4.69) is 9.40 Å². The van der Waals surface area contributed by atoms with Gasteiger partial charge in [-0.1, -0.05) is 0 Å². The largest absolute Gasteiger partial charge is 1.00 e. The summed E-state index contributed by atoms with van der Waals surface area (Å²) in [4.78, 5) is 3.56. The van der Waals surface area contributed by atoms with Crippen molar-refractivity contribution in [1.29, 1.82) is 0 Å². The Kier molecular flexibility index (Phi) is 28.0. The van der Waals surface area contributed by atoms with E-state index in [9.17, 15) is 0 Å². The Hall–Kier alpha value is 0.791. The van der Waals surface area contributed by atoms with Gasteiger partial charge in [0.1, 0.15) is 6.26 Å². The number of nitrogens with zero attached hydrogens (tertiary/aromatic N) is 1. The van der Waals surface area contributed by atoms with Crippen molar-refractivity contribution in [2.75, 3.05) is 0 Å². The zero-order chi connectivity index (χ0) is 6.24. The van der Waals surface area contributed by atoms with Crippen molar-refractivity contribution in [3.8, 4) is 0 Å².